The van der Waals surface area contributed by atoms with E-state index in [4.69, 9.17) is 4.74 Å². The molecule has 10 heteroatoms. The van der Waals surface area contributed by atoms with Crippen LogP contribution in [0.25, 0.3) is 10.2 Å². The van der Waals surface area contributed by atoms with E-state index >= 15 is 0 Å². The molecule has 0 saturated carbocycles. The Kier molecular flexibility index (Phi) is 4.90. The standard InChI is InChI=1S/C16H15N3O5S2/c1-19(2)26(22,23)11-5-3-10(4-6-11)16(21)24-9-13-17-12-7-8-25-14(12)15(20)18-13/h3-8H,9H2,1-2H3,(H,17,18,20). The molecule has 136 valence electrons. The van der Waals surface area contributed by atoms with Crippen LogP contribution in [0.5, 0.6) is 0 Å². The number of aromatic amines is 1. The molecular formula is C16H15N3O5S2. The van der Waals surface area contributed by atoms with Crippen LogP contribution in [0.4, 0.5) is 0 Å². The number of aromatic nitrogens is 2. The number of hydrogen-bond donors (Lipinski definition) is 1. The molecule has 2 heterocycles. The minimum Gasteiger partial charge on any atom is -0.454 e. The van der Waals surface area contributed by atoms with Gasteiger partial charge in [-0.1, -0.05) is 0 Å². The molecular weight excluding hydrogens is 378 g/mol. The second-order valence-electron chi connectivity index (χ2n) is 5.54. The zero-order chi connectivity index (χ0) is 18.9. The van der Waals surface area contributed by atoms with E-state index in [-0.39, 0.29) is 28.4 Å². The fourth-order valence-corrected chi connectivity index (χ4v) is 3.81. The van der Waals surface area contributed by atoms with Crippen LogP contribution >= 0.6 is 11.3 Å². The first kappa shape index (κ1) is 18.2. The van der Waals surface area contributed by atoms with Crippen molar-refractivity contribution in [2.45, 2.75) is 11.5 Å². The molecule has 0 aliphatic heterocycles. The Morgan fingerprint density at radius 3 is 2.58 bits per heavy atom. The quantitative estimate of drug-likeness (QED) is 0.659. The number of carbonyl (C=O) groups is 1. The van der Waals surface area contributed by atoms with Crippen molar-refractivity contribution in [1.29, 1.82) is 0 Å². The first-order valence-electron chi connectivity index (χ1n) is 7.45. The number of hydrogen-bond acceptors (Lipinski definition) is 7. The number of thiophene rings is 1. The summed E-state index contributed by atoms with van der Waals surface area (Å²) < 4.78 is 30.8. The minimum atomic E-state index is -3.56. The van der Waals surface area contributed by atoms with E-state index in [1.165, 1.54) is 49.7 Å². The van der Waals surface area contributed by atoms with Gasteiger partial charge in [0.15, 0.2) is 0 Å². The average Bonchev–Trinajstić information content (AvgIpc) is 3.09. The van der Waals surface area contributed by atoms with E-state index in [9.17, 15) is 18.0 Å². The number of rotatable bonds is 5. The van der Waals surface area contributed by atoms with E-state index in [0.717, 1.165) is 4.31 Å². The van der Waals surface area contributed by atoms with Crippen LogP contribution in [0, 0.1) is 0 Å². The second kappa shape index (κ2) is 6.98. The van der Waals surface area contributed by atoms with Gasteiger partial charge in [-0.05, 0) is 35.7 Å². The first-order chi connectivity index (χ1) is 12.3. The van der Waals surface area contributed by atoms with Crippen LogP contribution in [0.15, 0.2) is 45.4 Å². The molecule has 0 amide bonds. The molecule has 0 bridgehead atoms. The van der Waals surface area contributed by atoms with Crippen molar-refractivity contribution in [2.24, 2.45) is 0 Å². The van der Waals surface area contributed by atoms with Crippen LogP contribution in [0.2, 0.25) is 0 Å². The van der Waals surface area contributed by atoms with Crippen molar-refractivity contribution in [3.8, 4) is 0 Å². The third kappa shape index (κ3) is 3.52. The highest BCUT2D eigenvalue weighted by molar-refractivity contribution is 7.89. The summed E-state index contributed by atoms with van der Waals surface area (Å²) in [6.07, 6.45) is 0. The molecule has 2 aromatic heterocycles. The zero-order valence-corrected chi connectivity index (χ0v) is 15.6. The minimum absolute atomic E-state index is 0.0768. The Labute approximate surface area is 153 Å². The normalized spacial score (nSPS) is 11.8. The number of fused-ring (bicyclic) bond motifs is 1. The van der Waals surface area contributed by atoms with Gasteiger partial charge in [-0.25, -0.2) is 22.5 Å². The number of nitrogens with zero attached hydrogens (tertiary/aromatic N) is 2. The molecule has 0 aliphatic carbocycles. The van der Waals surface area contributed by atoms with Gasteiger partial charge in [-0.2, -0.15) is 0 Å². The lowest BCUT2D eigenvalue weighted by Crippen LogP contribution is -2.22. The second-order valence-corrected chi connectivity index (χ2v) is 8.60. The van der Waals surface area contributed by atoms with Crippen LogP contribution in [0.3, 0.4) is 0 Å². The van der Waals surface area contributed by atoms with Gasteiger partial charge in [0.05, 0.1) is 16.0 Å². The topological polar surface area (TPSA) is 109 Å². The summed E-state index contributed by atoms with van der Waals surface area (Å²) >= 11 is 1.28. The molecule has 8 nitrogen and oxygen atoms in total. The molecule has 3 aromatic rings. The summed E-state index contributed by atoms with van der Waals surface area (Å²) in [5.41, 5.74) is 0.457. The fourth-order valence-electron chi connectivity index (χ4n) is 2.18. The Hall–Kier alpha value is -2.56. The van der Waals surface area contributed by atoms with Gasteiger partial charge < -0.3 is 9.72 Å². The highest BCUT2D eigenvalue weighted by Gasteiger charge is 2.18. The first-order valence-corrected chi connectivity index (χ1v) is 9.77. The smallest absolute Gasteiger partial charge is 0.338 e. The third-order valence-corrected chi connectivity index (χ3v) is 6.30. The molecule has 0 radical (unpaired) electrons. The van der Waals surface area contributed by atoms with E-state index in [1.807, 2.05) is 0 Å². The largest absolute Gasteiger partial charge is 0.454 e. The SMILES string of the molecule is CN(C)S(=O)(=O)c1ccc(C(=O)OCc2nc3ccsc3c(=O)[nH]2)cc1. The molecule has 1 aromatic carbocycles. The predicted octanol–water partition coefficient (Wildman–Crippen LogP) is 1.59. The van der Waals surface area contributed by atoms with Crippen LogP contribution in [-0.4, -0.2) is 42.8 Å². The highest BCUT2D eigenvalue weighted by Crippen LogP contribution is 2.16. The number of benzene rings is 1. The molecule has 0 aliphatic rings. The van der Waals surface area contributed by atoms with Gasteiger partial charge in [0.25, 0.3) is 5.56 Å². The lowest BCUT2D eigenvalue weighted by Gasteiger charge is -2.11. The van der Waals surface area contributed by atoms with Crippen molar-refractivity contribution < 1.29 is 17.9 Å². The van der Waals surface area contributed by atoms with E-state index < -0.39 is 16.0 Å². The number of sulfonamides is 1. The van der Waals surface area contributed by atoms with Crippen LogP contribution in [0.1, 0.15) is 16.2 Å². The highest BCUT2D eigenvalue weighted by atomic mass is 32.2. The zero-order valence-electron chi connectivity index (χ0n) is 13.9. The van der Waals surface area contributed by atoms with Crippen molar-refractivity contribution >= 4 is 37.5 Å². The van der Waals surface area contributed by atoms with Gasteiger partial charge >= 0.3 is 5.97 Å². The molecule has 0 atom stereocenters. The number of nitrogens with one attached hydrogen (secondary N) is 1. The molecule has 0 spiro atoms. The summed E-state index contributed by atoms with van der Waals surface area (Å²) in [5, 5.41) is 1.76. The molecule has 26 heavy (non-hydrogen) atoms. The maximum atomic E-state index is 12.1. The molecule has 3 rings (SSSR count). The Morgan fingerprint density at radius 2 is 1.92 bits per heavy atom. The van der Waals surface area contributed by atoms with Crippen molar-refractivity contribution in [2.75, 3.05) is 14.1 Å². The Bertz CT molecular complexity index is 1110. The average molecular weight is 393 g/mol. The van der Waals surface area contributed by atoms with Crippen molar-refractivity contribution in [3.05, 3.63) is 57.5 Å². The lowest BCUT2D eigenvalue weighted by atomic mass is 10.2. The lowest BCUT2D eigenvalue weighted by molar-refractivity contribution is 0.0462. The summed E-state index contributed by atoms with van der Waals surface area (Å²) in [6.45, 7) is -0.197. The summed E-state index contributed by atoms with van der Waals surface area (Å²) in [7, 11) is -0.710. The summed E-state index contributed by atoms with van der Waals surface area (Å²) in [5.74, 6) is -0.409. The monoisotopic (exact) mass is 393 g/mol. The van der Waals surface area contributed by atoms with Gasteiger partial charge in [0, 0.05) is 14.1 Å². The fraction of sp³-hybridized carbons (Fsp3) is 0.188. The van der Waals surface area contributed by atoms with E-state index in [2.05, 4.69) is 9.97 Å². The third-order valence-electron chi connectivity index (χ3n) is 3.57. The summed E-state index contributed by atoms with van der Waals surface area (Å²) in [6, 6.07) is 7.13. The molecule has 0 unspecified atom stereocenters. The molecule has 1 N–H and O–H groups in total. The van der Waals surface area contributed by atoms with E-state index in [1.54, 1.807) is 11.4 Å². The number of H-pyrrole nitrogens is 1. The number of ether oxygens (including phenoxy) is 1. The van der Waals surface area contributed by atoms with Gasteiger partial charge in [0.2, 0.25) is 10.0 Å². The van der Waals surface area contributed by atoms with Crippen molar-refractivity contribution in [1.82, 2.24) is 14.3 Å². The Balaban J connectivity index is 1.72. The number of carbonyl (C=O) groups excluding carboxylic acids is 1. The maximum Gasteiger partial charge on any atom is 0.338 e. The summed E-state index contributed by atoms with van der Waals surface area (Å²) in [4.78, 5) is 30.9. The maximum absolute atomic E-state index is 12.1. The van der Waals surface area contributed by atoms with Gasteiger partial charge in [-0.3, -0.25) is 4.79 Å². The predicted molar refractivity (Wildman–Crippen MR) is 96.7 cm³/mol. The van der Waals surface area contributed by atoms with Crippen LogP contribution < -0.4 is 5.56 Å². The number of esters is 1. The molecule has 0 fully saturated rings. The van der Waals surface area contributed by atoms with E-state index in [0.29, 0.717) is 10.2 Å². The van der Waals surface area contributed by atoms with Crippen LogP contribution in [-0.2, 0) is 21.4 Å². The van der Waals surface area contributed by atoms with Gasteiger partial charge in [0.1, 0.15) is 17.1 Å². The van der Waals surface area contributed by atoms with Crippen molar-refractivity contribution in [3.63, 3.8) is 0 Å². The Morgan fingerprint density at radius 1 is 1.23 bits per heavy atom. The molecule has 0 saturated heterocycles. The van der Waals surface area contributed by atoms with Gasteiger partial charge in [-0.15, -0.1) is 11.3 Å².